The maximum Gasteiger partial charge on any atom is 0.419 e. The summed E-state index contributed by atoms with van der Waals surface area (Å²) in [7, 11) is -2.25. The number of aryl methyl sites for hydroxylation is 1. The zero-order valence-corrected chi connectivity index (χ0v) is 14.2. The van der Waals surface area contributed by atoms with E-state index in [2.05, 4.69) is 0 Å². The Morgan fingerprint density at radius 2 is 1.83 bits per heavy atom. The lowest BCUT2D eigenvalue weighted by Gasteiger charge is -2.08. The van der Waals surface area contributed by atoms with Gasteiger partial charge in [0, 0.05) is 18.1 Å². The number of hydrogen-bond acceptors (Lipinski definition) is 4. The fraction of sp³-hybridized carbons (Fsp3) is 0.133. The van der Waals surface area contributed by atoms with Crippen molar-refractivity contribution in [2.24, 2.45) is 7.05 Å². The fourth-order valence-corrected chi connectivity index (χ4v) is 4.52. The molecule has 5 nitrogen and oxygen atoms in total. The summed E-state index contributed by atoms with van der Waals surface area (Å²) in [6.07, 6.45) is 0. The number of benzene rings is 2. The van der Waals surface area contributed by atoms with Crippen molar-refractivity contribution in [1.29, 1.82) is 0 Å². The first-order chi connectivity index (χ1) is 10.8. The molecule has 8 heteroatoms. The first-order valence-electron chi connectivity index (χ1n) is 6.55. The van der Waals surface area contributed by atoms with E-state index < -0.39 is 15.6 Å². The van der Waals surface area contributed by atoms with E-state index in [1.807, 2.05) is 0 Å². The van der Waals surface area contributed by atoms with Gasteiger partial charge in [0.1, 0.15) is 0 Å². The number of sulfone groups is 1. The van der Waals surface area contributed by atoms with E-state index in [0.29, 0.717) is 16.1 Å². The van der Waals surface area contributed by atoms with Crippen LogP contribution in [0.15, 0.2) is 50.5 Å². The van der Waals surface area contributed by atoms with Gasteiger partial charge in [-0.25, -0.2) is 13.2 Å². The maximum atomic E-state index is 12.7. The highest BCUT2D eigenvalue weighted by atomic mass is 35.5. The van der Waals surface area contributed by atoms with Crippen LogP contribution in [0.5, 0.6) is 0 Å². The van der Waals surface area contributed by atoms with Gasteiger partial charge < -0.3 is 4.42 Å². The molecule has 0 saturated carbocycles. The van der Waals surface area contributed by atoms with Gasteiger partial charge in [0.05, 0.1) is 21.2 Å². The van der Waals surface area contributed by atoms with Gasteiger partial charge in [-0.3, -0.25) is 4.57 Å². The van der Waals surface area contributed by atoms with Crippen LogP contribution >= 0.6 is 23.2 Å². The van der Waals surface area contributed by atoms with E-state index >= 15 is 0 Å². The van der Waals surface area contributed by atoms with Crippen molar-refractivity contribution in [2.45, 2.75) is 10.6 Å². The van der Waals surface area contributed by atoms with Crippen molar-refractivity contribution in [2.75, 3.05) is 0 Å². The standard InChI is InChI=1S/C15H11Cl2NO4S/c1-18-12-7-14(11(17)6-13(12)22-15(18)19)23(20,21)8-9-4-2-3-5-10(9)16/h2-7H,8H2,1H3. The zero-order valence-electron chi connectivity index (χ0n) is 11.9. The number of rotatable bonds is 3. The maximum absolute atomic E-state index is 12.7. The normalized spacial score (nSPS) is 12.0. The Bertz CT molecular complexity index is 1070. The van der Waals surface area contributed by atoms with E-state index in [1.54, 1.807) is 24.3 Å². The molecule has 3 rings (SSSR count). The van der Waals surface area contributed by atoms with E-state index in [1.165, 1.54) is 23.7 Å². The Balaban J connectivity index is 2.15. The first kappa shape index (κ1) is 16.1. The summed E-state index contributed by atoms with van der Waals surface area (Å²) in [4.78, 5) is 11.5. The first-order valence-corrected chi connectivity index (χ1v) is 8.95. The third-order valence-corrected chi connectivity index (χ3v) is 5.98. The fourth-order valence-electron chi connectivity index (χ4n) is 2.27. The van der Waals surface area contributed by atoms with Crippen LogP contribution in [0.25, 0.3) is 11.1 Å². The molecule has 0 atom stereocenters. The Hall–Kier alpha value is -1.76. The number of aromatic nitrogens is 1. The number of nitrogens with zero attached hydrogens (tertiary/aromatic N) is 1. The van der Waals surface area contributed by atoms with Crippen LogP contribution < -0.4 is 5.76 Å². The van der Waals surface area contributed by atoms with E-state index in [0.717, 1.165) is 0 Å². The molecule has 2 aromatic carbocycles. The van der Waals surface area contributed by atoms with Gasteiger partial charge in [0.2, 0.25) is 0 Å². The molecule has 0 aliphatic heterocycles. The third-order valence-electron chi connectivity index (χ3n) is 3.48. The molecule has 0 N–H and O–H groups in total. The van der Waals surface area contributed by atoms with Crippen molar-refractivity contribution in [3.8, 4) is 0 Å². The Labute approximate surface area is 142 Å². The Morgan fingerprint density at radius 1 is 1.13 bits per heavy atom. The summed E-state index contributed by atoms with van der Waals surface area (Å²) in [5, 5.41) is 0.364. The quantitative estimate of drug-likeness (QED) is 0.707. The Morgan fingerprint density at radius 3 is 2.52 bits per heavy atom. The number of hydrogen-bond donors (Lipinski definition) is 0. The molecule has 0 aliphatic carbocycles. The van der Waals surface area contributed by atoms with Gasteiger partial charge in [-0.2, -0.15) is 0 Å². The second kappa shape index (κ2) is 5.70. The summed E-state index contributed by atoms with van der Waals surface area (Å²) >= 11 is 12.1. The molecule has 0 aliphatic rings. The van der Waals surface area contributed by atoms with Crippen molar-refractivity contribution < 1.29 is 12.8 Å². The van der Waals surface area contributed by atoms with Crippen LogP contribution in [0.4, 0.5) is 0 Å². The molecule has 0 amide bonds. The monoisotopic (exact) mass is 371 g/mol. The molecule has 3 aromatic rings. The smallest absolute Gasteiger partial charge is 0.408 e. The van der Waals surface area contributed by atoms with Crippen molar-refractivity contribution in [3.05, 3.63) is 62.6 Å². The van der Waals surface area contributed by atoms with Crippen LogP contribution in [0.3, 0.4) is 0 Å². The highest BCUT2D eigenvalue weighted by Crippen LogP contribution is 2.30. The predicted molar refractivity (Wildman–Crippen MR) is 88.8 cm³/mol. The SMILES string of the molecule is Cn1c(=O)oc2cc(Cl)c(S(=O)(=O)Cc3ccccc3Cl)cc21. The van der Waals surface area contributed by atoms with Gasteiger partial charge in [-0.1, -0.05) is 41.4 Å². The topological polar surface area (TPSA) is 69.3 Å². The van der Waals surface area contributed by atoms with Gasteiger partial charge in [-0.05, 0) is 17.7 Å². The summed E-state index contributed by atoms with van der Waals surface area (Å²) in [5.41, 5.74) is 1.07. The molecular formula is C15H11Cl2NO4S. The van der Waals surface area contributed by atoms with Crippen LogP contribution in [0.2, 0.25) is 10.0 Å². The van der Waals surface area contributed by atoms with Gasteiger partial charge in [0.25, 0.3) is 0 Å². The predicted octanol–water partition coefficient (Wildman–Crippen LogP) is 3.41. The van der Waals surface area contributed by atoms with Crippen molar-refractivity contribution >= 4 is 44.1 Å². The van der Waals surface area contributed by atoms with E-state index in [4.69, 9.17) is 27.6 Å². The highest BCUT2D eigenvalue weighted by molar-refractivity contribution is 7.90. The minimum atomic E-state index is -3.74. The zero-order chi connectivity index (χ0) is 16.8. The minimum absolute atomic E-state index is 0.00102. The lowest BCUT2D eigenvalue weighted by molar-refractivity contribution is 0.528. The van der Waals surface area contributed by atoms with Crippen LogP contribution in [-0.2, 0) is 22.6 Å². The van der Waals surface area contributed by atoms with Crippen LogP contribution in [0, 0.1) is 0 Å². The summed E-state index contributed by atoms with van der Waals surface area (Å²) in [6.45, 7) is 0. The largest absolute Gasteiger partial charge is 0.419 e. The number of halogens is 2. The number of oxazole rings is 1. The summed E-state index contributed by atoms with van der Waals surface area (Å²) in [6, 6.07) is 9.36. The van der Waals surface area contributed by atoms with Crippen LogP contribution in [0.1, 0.15) is 5.56 Å². The minimum Gasteiger partial charge on any atom is -0.408 e. The molecular weight excluding hydrogens is 361 g/mol. The average Bonchev–Trinajstić information content (AvgIpc) is 2.75. The van der Waals surface area contributed by atoms with Crippen molar-refractivity contribution in [1.82, 2.24) is 4.57 Å². The molecule has 23 heavy (non-hydrogen) atoms. The second-order valence-corrected chi connectivity index (χ2v) is 7.80. The molecule has 0 saturated heterocycles. The molecule has 0 unspecified atom stereocenters. The summed E-state index contributed by atoms with van der Waals surface area (Å²) in [5.74, 6) is -0.874. The molecule has 0 radical (unpaired) electrons. The lowest BCUT2D eigenvalue weighted by atomic mass is 10.2. The van der Waals surface area contributed by atoms with Crippen molar-refractivity contribution in [3.63, 3.8) is 0 Å². The lowest BCUT2D eigenvalue weighted by Crippen LogP contribution is -2.09. The third kappa shape index (κ3) is 2.89. The van der Waals surface area contributed by atoms with E-state index in [-0.39, 0.29) is 21.3 Å². The van der Waals surface area contributed by atoms with E-state index in [9.17, 15) is 13.2 Å². The van der Waals surface area contributed by atoms with Crippen LogP contribution in [-0.4, -0.2) is 13.0 Å². The molecule has 0 bridgehead atoms. The highest BCUT2D eigenvalue weighted by Gasteiger charge is 2.22. The molecule has 1 aromatic heterocycles. The Kier molecular flexibility index (Phi) is 4.00. The number of fused-ring (bicyclic) bond motifs is 1. The molecule has 1 heterocycles. The molecule has 120 valence electrons. The van der Waals surface area contributed by atoms with Gasteiger partial charge in [0.15, 0.2) is 15.4 Å². The average molecular weight is 372 g/mol. The van der Waals surface area contributed by atoms with Gasteiger partial charge >= 0.3 is 5.76 Å². The van der Waals surface area contributed by atoms with Gasteiger partial charge in [-0.15, -0.1) is 0 Å². The summed E-state index contributed by atoms with van der Waals surface area (Å²) < 4.78 is 31.6. The molecule has 0 fully saturated rings. The molecule has 0 spiro atoms. The second-order valence-electron chi connectivity index (χ2n) is 5.03.